The number of nitrogens with two attached hydrogens (primary N) is 1. The Bertz CT molecular complexity index is 1290. The number of primary amides is 1. The van der Waals surface area contributed by atoms with E-state index in [2.05, 4.69) is 15.1 Å². The number of ether oxygens (including phenoxy) is 2. The molecule has 5 N–H and O–H groups in total. The fourth-order valence-electron chi connectivity index (χ4n) is 2.90. The molecule has 1 aromatic heterocycles. The van der Waals surface area contributed by atoms with Crippen molar-refractivity contribution in [2.24, 2.45) is 10.8 Å². The van der Waals surface area contributed by atoms with Crippen molar-refractivity contribution in [1.82, 2.24) is 15.4 Å². The number of hydrogen-bond acceptors (Lipinski definition) is 9. The van der Waals surface area contributed by atoms with Crippen molar-refractivity contribution in [2.45, 2.75) is 6.10 Å². The highest BCUT2D eigenvalue weighted by atomic mass is 16.6. The van der Waals surface area contributed by atoms with Crippen molar-refractivity contribution in [2.75, 3.05) is 14.2 Å². The van der Waals surface area contributed by atoms with E-state index >= 15 is 0 Å². The Morgan fingerprint density at radius 3 is 2.59 bits per heavy atom. The molecule has 2 amide bonds. The standard InChI is InChI=1S/C19H18N6O7/c1-31-13-6-3-9(7-14(13)32-2)17(26)15(23-24-19(20)28)16-18(27)22-12-8-10(25(29)30)4-5-11(12)21-16/h3-8,17,26H,1-2H3,(H,22,27)(H3,20,24,28). The maximum Gasteiger partial charge on any atom is 0.332 e. The molecule has 0 aliphatic rings. The minimum Gasteiger partial charge on any atom is -0.493 e. The van der Waals surface area contributed by atoms with Crippen LogP contribution in [0.3, 0.4) is 0 Å². The summed E-state index contributed by atoms with van der Waals surface area (Å²) in [5.41, 5.74) is 5.89. The number of urea groups is 1. The number of aromatic nitrogens is 2. The quantitative estimate of drug-likeness (QED) is 0.236. The van der Waals surface area contributed by atoms with Gasteiger partial charge in [0.15, 0.2) is 17.2 Å². The van der Waals surface area contributed by atoms with Gasteiger partial charge in [-0.2, -0.15) is 5.10 Å². The summed E-state index contributed by atoms with van der Waals surface area (Å²) in [7, 11) is 2.85. The molecular weight excluding hydrogens is 424 g/mol. The highest BCUT2D eigenvalue weighted by Crippen LogP contribution is 2.31. The van der Waals surface area contributed by atoms with E-state index in [0.29, 0.717) is 11.5 Å². The predicted octanol–water partition coefficient (Wildman–Crippen LogP) is 0.954. The second kappa shape index (κ2) is 9.09. The number of nitro benzene ring substituents is 1. The Kier molecular flexibility index (Phi) is 6.30. The Hall–Kier alpha value is -4.52. The molecule has 0 saturated carbocycles. The molecule has 0 spiro atoms. The third kappa shape index (κ3) is 4.46. The second-order valence-electron chi connectivity index (χ2n) is 6.36. The van der Waals surface area contributed by atoms with E-state index in [0.717, 1.165) is 6.07 Å². The number of aliphatic hydroxyl groups excluding tert-OH is 1. The van der Waals surface area contributed by atoms with Crippen molar-refractivity contribution < 1.29 is 24.3 Å². The molecule has 0 aliphatic carbocycles. The number of nitrogens with zero attached hydrogens (tertiary/aromatic N) is 3. The van der Waals surface area contributed by atoms with Gasteiger partial charge in [-0.1, -0.05) is 6.07 Å². The summed E-state index contributed by atoms with van der Waals surface area (Å²) in [6, 6.07) is 7.15. The number of hydrogen-bond donors (Lipinski definition) is 4. The number of fused-ring (bicyclic) bond motifs is 1. The van der Waals surface area contributed by atoms with Gasteiger partial charge in [0.25, 0.3) is 11.2 Å². The highest BCUT2D eigenvalue weighted by Gasteiger charge is 2.24. The molecular formula is C19H18N6O7. The van der Waals surface area contributed by atoms with Gasteiger partial charge in [0.05, 0.1) is 30.2 Å². The lowest BCUT2D eigenvalue weighted by Crippen LogP contribution is -2.31. The van der Waals surface area contributed by atoms with Gasteiger partial charge in [0.1, 0.15) is 11.8 Å². The van der Waals surface area contributed by atoms with E-state index in [9.17, 15) is 24.8 Å². The number of benzene rings is 2. The molecule has 166 valence electrons. The smallest absolute Gasteiger partial charge is 0.332 e. The third-order valence-electron chi connectivity index (χ3n) is 4.40. The zero-order chi connectivity index (χ0) is 23.4. The number of non-ortho nitro benzene ring substituents is 1. The van der Waals surface area contributed by atoms with Crippen LogP contribution < -0.4 is 26.2 Å². The fourth-order valence-corrected chi connectivity index (χ4v) is 2.90. The molecule has 0 saturated heterocycles. The van der Waals surface area contributed by atoms with E-state index in [1.54, 1.807) is 0 Å². The molecule has 2 aromatic carbocycles. The van der Waals surface area contributed by atoms with Crippen LogP contribution in [0, 0.1) is 10.1 Å². The Balaban J connectivity index is 2.14. The number of methoxy groups -OCH3 is 2. The zero-order valence-corrected chi connectivity index (χ0v) is 16.9. The molecule has 0 fully saturated rings. The van der Waals surface area contributed by atoms with Crippen LogP contribution in [0.15, 0.2) is 46.3 Å². The number of carbonyl (C=O) groups excluding carboxylic acids is 1. The van der Waals surface area contributed by atoms with Crippen LogP contribution in [0.5, 0.6) is 11.5 Å². The van der Waals surface area contributed by atoms with Gasteiger partial charge in [-0.15, -0.1) is 0 Å². The van der Waals surface area contributed by atoms with Gasteiger partial charge in [-0.05, 0) is 23.8 Å². The van der Waals surface area contributed by atoms with E-state index in [4.69, 9.17) is 15.2 Å². The van der Waals surface area contributed by atoms with Gasteiger partial charge in [-0.3, -0.25) is 14.9 Å². The largest absolute Gasteiger partial charge is 0.493 e. The topological polar surface area (TPSA) is 195 Å². The van der Waals surface area contributed by atoms with Gasteiger partial charge >= 0.3 is 6.03 Å². The Morgan fingerprint density at radius 1 is 1.25 bits per heavy atom. The van der Waals surface area contributed by atoms with Gasteiger partial charge in [0.2, 0.25) is 0 Å². The number of carbonyl (C=O) groups is 1. The average molecular weight is 442 g/mol. The first-order valence-electron chi connectivity index (χ1n) is 8.97. The van der Waals surface area contributed by atoms with Crippen molar-refractivity contribution in [3.8, 4) is 11.5 Å². The number of nitrogens with one attached hydrogen (secondary N) is 2. The number of aromatic amines is 1. The highest BCUT2D eigenvalue weighted by molar-refractivity contribution is 6.03. The van der Waals surface area contributed by atoms with E-state index in [-0.39, 0.29) is 33.7 Å². The van der Waals surface area contributed by atoms with Crippen LogP contribution in [-0.4, -0.2) is 46.0 Å². The summed E-state index contributed by atoms with van der Waals surface area (Å²) >= 11 is 0. The number of hydrazone groups is 1. The summed E-state index contributed by atoms with van der Waals surface area (Å²) in [4.78, 5) is 40.9. The molecule has 3 aromatic rings. The lowest BCUT2D eigenvalue weighted by molar-refractivity contribution is -0.384. The first-order valence-corrected chi connectivity index (χ1v) is 8.97. The minimum atomic E-state index is -1.54. The van der Waals surface area contributed by atoms with E-state index in [1.165, 1.54) is 44.6 Å². The van der Waals surface area contributed by atoms with Crippen LogP contribution in [0.1, 0.15) is 17.4 Å². The number of amides is 2. The van der Waals surface area contributed by atoms with Gasteiger partial charge in [-0.25, -0.2) is 15.2 Å². The SMILES string of the molecule is COc1ccc(C(O)C(=NNC(N)=O)c2nc3ccc([N+](=O)[O-])cc3[nH]c2=O)cc1OC. The summed E-state index contributed by atoms with van der Waals surface area (Å²) in [5.74, 6) is 0.708. The Labute approximate surface area is 179 Å². The lowest BCUT2D eigenvalue weighted by atomic mass is 10.0. The minimum absolute atomic E-state index is 0.107. The summed E-state index contributed by atoms with van der Waals surface area (Å²) in [6.45, 7) is 0. The number of nitro groups is 1. The summed E-state index contributed by atoms with van der Waals surface area (Å²) < 4.78 is 10.4. The van der Waals surface area contributed by atoms with Crippen LogP contribution in [0.2, 0.25) is 0 Å². The molecule has 0 bridgehead atoms. The number of aliphatic hydroxyl groups is 1. The molecule has 32 heavy (non-hydrogen) atoms. The van der Waals surface area contributed by atoms with Crippen molar-refractivity contribution in [1.29, 1.82) is 0 Å². The molecule has 1 unspecified atom stereocenters. The first-order chi connectivity index (χ1) is 15.2. The van der Waals surface area contributed by atoms with E-state index < -0.39 is 22.6 Å². The normalized spacial score (nSPS) is 12.3. The maximum absolute atomic E-state index is 12.7. The molecule has 13 nitrogen and oxygen atoms in total. The fraction of sp³-hybridized carbons (Fsp3) is 0.158. The van der Waals surface area contributed by atoms with Crippen molar-refractivity contribution in [3.63, 3.8) is 0 Å². The van der Waals surface area contributed by atoms with Crippen LogP contribution in [-0.2, 0) is 0 Å². The molecule has 0 radical (unpaired) electrons. The molecule has 3 rings (SSSR count). The second-order valence-corrected chi connectivity index (χ2v) is 6.36. The van der Waals surface area contributed by atoms with Crippen LogP contribution >= 0.6 is 0 Å². The van der Waals surface area contributed by atoms with Gasteiger partial charge in [0, 0.05) is 12.1 Å². The Morgan fingerprint density at radius 2 is 1.97 bits per heavy atom. The summed E-state index contributed by atoms with van der Waals surface area (Å²) in [6.07, 6.45) is -1.54. The maximum atomic E-state index is 12.7. The lowest BCUT2D eigenvalue weighted by Gasteiger charge is -2.16. The molecule has 13 heteroatoms. The predicted molar refractivity (Wildman–Crippen MR) is 113 cm³/mol. The summed E-state index contributed by atoms with van der Waals surface area (Å²) in [5, 5.41) is 25.7. The van der Waals surface area contributed by atoms with Crippen LogP contribution in [0.25, 0.3) is 11.0 Å². The molecule has 1 heterocycles. The molecule has 1 atom stereocenters. The third-order valence-corrected chi connectivity index (χ3v) is 4.40. The number of rotatable bonds is 7. The molecule has 0 aliphatic heterocycles. The van der Waals surface area contributed by atoms with Crippen molar-refractivity contribution in [3.05, 3.63) is 68.1 Å². The first kappa shape index (κ1) is 22.2. The number of H-pyrrole nitrogens is 1. The monoisotopic (exact) mass is 442 g/mol. The van der Waals surface area contributed by atoms with Crippen LogP contribution in [0.4, 0.5) is 10.5 Å². The van der Waals surface area contributed by atoms with Gasteiger partial charge < -0.3 is 25.3 Å². The van der Waals surface area contributed by atoms with E-state index in [1.807, 2.05) is 5.43 Å². The zero-order valence-electron chi connectivity index (χ0n) is 16.9. The average Bonchev–Trinajstić information content (AvgIpc) is 2.78. The van der Waals surface area contributed by atoms with Crippen molar-refractivity contribution >= 4 is 28.5 Å².